The molecule has 0 aromatic heterocycles. The van der Waals surface area contributed by atoms with Gasteiger partial charge in [0.05, 0.1) is 0 Å². The monoisotopic (exact) mass is 201 g/mol. The molecule has 0 radical (unpaired) electrons. The molecule has 0 saturated heterocycles. The highest BCUT2D eigenvalue weighted by molar-refractivity contribution is 5.33. The van der Waals surface area contributed by atoms with E-state index in [2.05, 4.69) is 49.2 Å². The summed E-state index contributed by atoms with van der Waals surface area (Å²) in [5, 5.41) is 3.42. The Morgan fingerprint density at radius 2 is 1.87 bits per heavy atom. The topological polar surface area (TPSA) is 12.0 Å². The predicted octanol–water partition coefficient (Wildman–Crippen LogP) is 2.81. The van der Waals surface area contributed by atoms with Crippen molar-refractivity contribution in [2.24, 2.45) is 0 Å². The summed E-state index contributed by atoms with van der Waals surface area (Å²) in [5.41, 5.74) is 4.15. The van der Waals surface area contributed by atoms with E-state index < -0.39 is 0 Å². The van der Waals surface area contributed by atoms with Crippen LogP contribution in [0.5, 0.6) is 0 Å². The van der Waals surface area contributed by atoms with Crippen LogP contribution in [-0.2, 0) is 6.54 Å². The minimum atomic E-state index is 0.932. The highest BCUT2D eigenvalue weighted by atomic mass is 14.8. The van der Waals surface area contributed by atoms with Crippen LogP contribution in [0.25, 0.3) is 0 Å². The van der Waals surface area contributed by atoms with Gasteiger partial charge in [0.1, 0.15) is 0 Å². The van der Waals surface area contributed by atoms with Gasteiger partial charge < -0.3 is 5.32 Å². The zero-order valence-corrected chi connectivity index (χ0v) is 9.85. The molecule has 0 fully saturated rings. The van der Waals surface area contributed by atoms with Crippen molar-refractivity contribution in [1.29, 1.82) is 0 Å². The van der Waals surface area contributed by atoms with Gasteiger partial charge in [-0.1, -0.05) is 18.2 Å². The second kappa shape index (κ2) is 6.27. The summed E-state index contributed by atoms with van der Waals surface area (Å²) in [6.07, 6.45) is 0.932. The molecule has 0 aliphatic rings. The fourth-order valence-corrected chi connectivity index (χ4v) is 1.62. The first kappa shape index (κ1) is 11.8. The lowest BCUT2D eigenvalue weighted by atomic mass is 10.0. The third-order valence-corrected chi connectivity index (χ3v) is 2.55. The molecule has 0 heterocycles. The molecular weight excluding hydrogens is 182 g/mol. The Morgan fingerprint density at radius 1 is 1.20 bits per heavy atom. The standard InChI is InChI=1S/C14H19N/c1-4-5-6-10-15-11-14-12(2)8-7-9-13(14)3/h7-9,15H,6,10-11H2,1-3H3. The fourth-order valence-electron chi connectivity index (χ4n) is 1.62. The van der Waals surface area contributed by atoms with Gasteiger partial charge >= 0.3 is 0 Å². The molecular formula is C14H19N. The first-order chi connectivity index (χ1) is 7.25. The van der Waals surface area contributed by atoms with Crippen LogP contribution in [0.15, 0.2) is 18.2 Å². The van der Waals surface area contributed by atoms with Gasteiger partial charge in [0.15, 0.2) is 0 Å². The Kier molecular flexibility index (Phi) is 4.93. The Hall–Kier alpha value is -1.26. The molecule has 1 heteroatoms. The van der Waals surface area contributed by atoms with E-state index in [0.717, 1.165) is 19.5 Å². The van der Waals surface area contributed by atoms with E-state index in [1.54, 1.807) is 0 Å². The lowest BCUT2D eigenvalue weighted by molar-refractivity contribution is 0.695. The molecule has 0 atom stereocenters. The summed E-state index contributed by atoms with van der Waals surface area (Å²) in [5.74, 6) is 5.95. The smallest absolute Gasteiger partial charge is 0.0214 e. The molecule has 0 aliphatic carbocycles. The van der Waals surface area contributed by atoms with Gasteiger partial charge in [-0.15, -0.1) is 11.8 Å². The van der Waals surface area contributed by atoms with Crippen LogP contribution in [0, 0.1) is 25.7 Å². The van der Waals surface area contributed by atoms with Gasteiger partial charge in [0.25, 0.3) is 0 Å². The van der Waals surface area contributed by atoms with E-state index in [0.29, 0.717) is 0 Å². The molecule has 1 aromatic rings. The minimum Gasteiger partial charge on any atom is -0.312 e. The summed E-state index contributed by atoms with van der Waals surface area (Å²) in [6.45, 7) is 8.12. The molecule has 0 bridgehead atoms. The van der Waals surface area contributed by atoms with E-state index in [9.17, 15) is 0 Å². The van der Waals surface area contributed by atoms with Crippen molar-refractivity contribution in [2.75, 3.05) is 6.54 Å². The molecule has 0 unspecified atom stereocenters. The Labute approximate surface area is 92.9 Å². The Balaban J connectivity index is 2.45. The largest absolute Gasteiger partial charge is 0.312 e. The normalized spacial score (nSPS) is 9.53. The molecule has 80 valence electrons. The molecule has 0 amide bonds. The number of benzene rings is 1. The maximum atomic E-state index is 3.42. The first-order valence-corrected chi connectivity index (χ1v) is 5.41. The average molecular weight is 201 g/mol. The average Bonchev–Trinajstić information content (AvgIpc) is 2.21. The first-order valence-electron chi connectivity index (χ1n) is 5.41. The van der Waals surface area contributed by atoms with E-state index in [-0.39, 0.29) is 0 Å². The van der Waals surface area contributed by atoms with Crippen molar-refractivity contribution in [3.8, 4) is 11.8 Å². The molecule has 1 nitrogen and oxygen atoms in total. The SMILES string of the molecule is CC#CCCNCc1c(C)cccc1C. The van der Waals surface area contributed by atoms with Gasteiger partial charge in [0, 0.05) is 19.5 Å². The van der Waals surface area contributed by atoms with E-state index >= 15 is 0 Å². The van der Waals surface area contributed by atoms with Gasteiger partial charge in [-0.2, -0.15) is 0 Å². The van der Waals surface area contributed by atoms with Gasteiger partial charge in [0.2, 0.25) is 0 Å². The van der Waals surface area contributed by atoms with E-state index in [4.69, 9.17) is 0 Å². The molecule has 1 rings (SSSR count). The molecule has 0 saturated carbocycles. The van der Waals surface area contributed by atoms with Crippen LogP contribution >= 0.6 is 0 Å². The molecule has 1 aromatic carbocycles. The summed E-state index contributed by atoms with van der Waals surface area (Å²) in [6, 6.07) is 6.43. The quantitative estimate of drug-likeness (QED) is 0.583. The lowest BCUT2D eigenvalue weighted by Crippen LogP contribution is -2.15. The number of nitrogens with one attached hydrogen (secondary N) is 1. The summed E-state index contributed by atoms with van der Waals surface area (Å²) < 4.78 is 0. The fraction of sp³-hybridized carbons (Fsp3) is 0.429. The van der Waals surface area contributed by atoms with Crippen molar-refractivity contribution in [2.45, 2.75) is 33.7 Å². The van der Waals surface area contributed by atoms with Crippen molar-refractivity contribution >= 4 is 0 Å². The van der Waals surface area contributed by atoms with Crippen molar-refractivity contribution < 1.29 is 0 Å². The number of aryl methyl sites for hydroxylation is 2. The summed E-state index contributed by atoms with van der Waals surface area (Å²) in [7, 11) is 0. The number of hydrogen-bond acceptors (Lipinski definition) is 1. The Morgan fingerprint density at radius 3 is 2.47 bits per heavy atom. The molecule has 0 aliphatic heterocycles. The van der Waals surface area contributed by atoms with Crippen molar-refractivity contribution in [1.82, 2.24) is 5.32 Å². The van der Waals surface area contributed by atoms with Crippen molar-refractivity contribution in [3.05, 3.63) is 34.9 Å². The summed E-state index contributed by atoms with van der Waals surface area (Å²) >= 11 is 0. The van der Waals surface area contributed by atoms with E-state index in [1.165, 1.54) is 16.7 Å². The molecule has 15 heavy (non-hydrogen) atoms. The molecule has 0 spiro atoms. The lowest BCUT2D eigenvalue weighted by Gasteiger charge is -2.09. The van der Waals surface area contributed by atoms with Crippen LogP contribution in [0.2, 0.25) is 0 Å². The van der Waals surface area contributed by atoms with Crippen LogP contribution in [0.3, 0.4) is 0 Å². The third-order valence-electron chi connectivity index (χ3n) is 2.55. The van der Waals surface area contributed by atoms with Crippen LogP contribution in [-0.4, -0.2) is 6.54 Å². The number of hydrogen-bond donors (Lipinski definition) is 1. The van der Waals surface area contributed by atoms with Crippen LogP contribution in [0.4, 0.5) is 0 Å². The van der Waals surface area contributed by atoms with Crippen LogP contribution < -0.4 is 5.32 Å². The van der Waals surface area contributed by atoms with E-state index in [1.807, 2.05) is 6.92 Å². The van der Waals surface area contributed by atoms with Crippen LogP contribution in [0.1, 0.15) is 30.0 Å². The summed E-state index contributed by atoms with van der Waals surface area (Å²) in [4.78, 5) is 0. The second-order valence-electron chi connectivity index (χ2n) is 3.72. The predicted molar refractivity (Wildman–Crippen MR) is 65.7 cm³/mol. The minimum absolute atomic E-state index is 0.932. The third kappa shape index (κ3) is 3.77. The zero-order chi connectivity index (χ0) is 11.1. The van der Waals surface area contributed by atoms with Gasteiger partial charge in [-0.3, -0.25) is 0 Å². The Bertz CT molecular complexity index is 348. The second-order valence-corrected chi connectivity index (χ2v) is 3.72. The van der Waals surface area contributed by atoms with Crippen molar-refractivity contribution in [3.63, 3.8) is 0 Å². The maximum absolute atomic E-state index is 3.42. The van der Waals surface area contributed by atoms with Gasteiger partial charge in [-0.25, -0.2) is 0 Å². The number of rotatable bonds is 4. The highest BCUT2D eigenvalue weighted by Crippen LogP contribution is 2.12. The maximum Gasteiger partial charge on any atom is 0.0214 e. The molecule has 1 N–H and O–H groups in total. The van der Waals surface area contributed by atoms with Gasteiger partial charge in [-0.05, 0) is 37.5 Å². The zero-order valence-electron chi connectivity index (χ0n) is 9.85. The highest BCUT2D eigenvalue weighted by Gasteiger charge is 2.00.